The van der Waals surface area contributed by atoms with Gasteiger partial charge in [-0.25, -0.2) is 4.79 Å². The van der Waals surface area contributed by atoms with Crippen LogP contribution in [0.4, 0.5) is 0 Å². The van der Waals surface area contributed by atoms with Gasteiger partial charge in [-0.1, -0.05) is 6.07 Å². The summed E-state index contributed by atoms with van der Waals surface area (Å²) in [5.41, 5.74) is 0.822. The zero-order valence-electron chi connectivity index (χ0n) is 11.1. The SMILES string of the molecule is COC(=O)[C@H](Cc1ccc(OC)c(OC)c1)NC=O. The van der Waals surface area contributed by atoms with E-state index in [-0.39, 0.29) is 0 Å². The van der Waals surface area contributed by atoms with Crippen molar-refractivity contribution in [1.82, 2.24) is 5.32 Å². The van der Waals surface area contributed by atoms with Crippen molar-refractivity contribution in [1.29, 1.82) is 0 Å². The Hall–Kier alpha value is -2.24. The van der Waals surface area contributed by atoms with Gasteiger partial charge in [-0.2, -0.15) is 0 Å². The minimum absolute atomic E-state index is 0.311. The molecule has 0 radical (unpaired) electrons. The number of rotatable bonds is 7. The molecule has 1 amide bonds. The third-order valence-electron chi connectivity index (χ3n) is 2.64. The van der Waals surface area contributed by atoms with Gasteiger partial charge in [0.05, 0.1) is 21.3 Å². The summed E-state index contributed by atoms with van der Waals surface area (Å²) < 4.78 is 14.9. The van der Waals surface area contributed by atoms with Crippen LogP contribution in [0.5, 0.6) is 11.5 Å². The highest BCUT2D eigenvalue weighted by molar-refractivity contribution is 5.78. The quantitative estimate of drug-likeness (QED) is 0.576. The van der Waals surface area contributed by atoms with Crippen molar-refractivity contribution in [3.05, 3.63) is 23.8 Å². The van der Waals surface area contributed by atoms with Crippen LogP contribution in [0.15, 0.2) is 18.2 Å². The topological polar surface area (TPSA) is 73.9 Å². The van der Waals surface area contributed by atoms with Gasteiger partial charge in [0.2, 0.25) is 6.41 Å². The molecule has 0 aromatic heterocycles. The summed E-state index contributed by atoms with van der Waals surface area (Å²) in [5.74, 6) is 0.667. The molecule has 1 aromatic rings. The monoisotopic (exact) mass is 267 g/mol. The van der Waals surface area contributed by atoms with Gasteiger partial charge in [-0.05, 0) is 17.7 Å². The van der Waals surface area contributed by atoms with Gasteiger partial charge in [-0.15, -0.1) is 0 Å². The van der Waals surface area contributed by atoms with Crippen LogP contribution in [-0.4, -0.2) is 39.8 Å². The predicted molar refractivity (Wildman–Crippen MR) is 68.3 cm³/mol. The molecule has 104 valence electrons. The van der Waals surface area contributed by atoms with Gasteiger partial charge < -0.3 is 19.5 Å². The Labute approximate surface area is 111 Å². The summed E-state index contributed by atoms with van der Waals surface area (Å²) in [6.45, 7) is 0. The normalized spacial score (nSPS) is 11.3. The third-order valence-corrected chi connectivity index (χ3v) is 2.64. The number of carbonyl (C=O) groups is 2. The number of benzene rings is 1. The van der Waals surface area contributed by atoms with Crippen molar-refractivity contribution in [3.63, 3.8) is 0 Å². The summed E-state index contributed by atoms with van der Waals surface area (Å²) in [4.78, 5) is 22.0. The number of hydrogen-bond acceptors (Lipinski definition) is 5. The van der Waals surface area contributed by atoms with Crippen LogP contribution >= 0.6 is 0 Å². The lowest BCUT2D eigenvalue weighted by molar-refractivity contribution is -0.144. The Bertz CT molecular complexity index is 447. The van der Waals surface area contributed by atoms with Gasteiger partial charge in [-0.3, -0.25) is 4.79 Å². The number of nitrogens with one attached hydrogen (secondary N) is 1. The number of amides is 1. The first-order chi connectivity index (χ1) is 9.15. The summed E-state index contributed by atoms with van der Waals surface area (Å²) in [6, 6.07) is 4.56. The van der Waals surface area contributed by atoms with Gasteiger partial charge in [0.25, 0.3) is 0 Å². The fourth-order valence-electron chi connectivity index (χ4n) is 1.68. The van der Waals surface area contributed by atoms with E-state index in [0.29, 0.717) is 24.3 Å². The van der Waals surface area contributed by atoms with E-state index in [9.17, 15) is 9.59 Å². The Morgan fingerprint density at radius 2 is 1.95 bits per heavy atom. The van der Waals surface area contributed by atoms with Crippen LogP contribution < -0.4 is 14.8 Å². The fourth-order valence-corrected chi connectivity index (χ4v) is 1.68. The number of methoxy groups -OCH3 is 3. The van der Waals surface area contributed by atoms with Crippen molar-refractivity contribution < 1.29 is 23.8 Å². The fraction of sp³-hybridized carbons (Fsp3) is 0.385. The summed E-state index contributed by atoms with van der Waals surface area (Å²) >= 11 is 0. The number of carbonyl (C=O) groups excluding carboxylic acids is 2. The van der Waals surface area contributed by atoms with E-state index in [1.54, 1.807) is 25.3 Å². The second-order valence-electron chi connectivity index (χ2n) is 3.75. The van der Waals surface area contributed by atoms with Gasteiger partial charge in [0.1, 0.15) is 6.04 Å². The lowest BCUT2D eigenvalue weighted by atomic mass is 10.1. The first-order valence-electron chi connectivity index (χ1n) is 5.64. The molecule has 0 bridgehead atoms. The Morgan fingerprint density at radius 3 is 2.47 bits per heavy atom. The lowest BCUT2D eigenvalue weighted by Crippen LogP contribution is -2.38. The molecule has 19 heavy (non-hydrogen) atoms. The minimum atomic E-state index is -0.722. The van der Waals surface area contributed by atoms with E-state index in [4.69, 9.17) is 9.47 Å². The highest BCUT2D eigenvalue weighted by Gasteiger charge is 2.19. The van der Waals surface area contributed by atoms with Crippen molar-refractivity contribution in [3.8, 4) is 11.5 Å². The molecule has 0 aliphatic heterocycles. The number of esters is 1. The highest BCUT2D eigenvalue weighted by atomic mass is 16.5. The smallest absolute Gasteiger partial charge is 0.328 e. The summed E-state index contributed by atoms with van der Waals surface area (Å²) in [5, 5.41) is 2.42. The van der Waals surface area contributed by atoms with Crippen LogP contribution in [-0.2, 0) is 20.7 Å². The second-order valence-corrected chi connectivity index (χ2v) is 3.75. The van der Waals surface area contributed by atoms with Crippen molar-refractivity contribution in [2.45, 2.75) is 12.5 Å². The number of ether oxygens (including phenoxy) is 3. The van der Waals surface area contributed by atoms with E-state index in [1.165, 1.54) is 14.2 Å². The molecular weight excluding hydrogens is 250 g/mol. The van der Waals surface area contributed by atoms with Crippen LogP contribution in [0.3, 0.4) is 0 Å². The van der Waals surface area contributed by atoms with Gasteiger partial charge in [0.15, 0.2) is 11.5 Å². The van der Waals surface area contributed by atoms with Crippen molar-refractivity contribution in [2.75, 3.05) is 21.3 Å². The molecule has 0 aliphatic rings. The van der Waals surface area contributed by atoms with Crippen LogP contribution in [0.1, 0.15) is 5.56 Å². The maximum atomic E-state index is 11.5. The van der Waals surface area contributed by atoms with E-state index in [1.807, 2.05) is 0 Å². The molecule has 6 nitrogen and oxygen atoms in total. The third kappa shape index (κ3) is 3.87. The van der Waals surface area contributed by atoms with Crippen LogP contribution in [0.2, 0.25) is 0 Å². The molecule has 0 saturated heterocycles. The molecule has 6 heteroatoms. The summed E-state index contributed by atoms with van der Waals surface area (Å²) in [7, 11) is 4.35. The molecule has 0 spiro atoms. The molecule has 0 heterocycles. The Balaban J connectivity index is 2.90. The van der Waals surface area contributed by atoms with E-state index in [2.05, 4.69) is 10.1 Å². The second kappa shape index (κ2) is 7.25. The van der Waals surface area contributed by atoms with Crippen LogP contribution in [0, 0.1) is 0 Å². The maximum absolute atomic E-state index is 11.5. The predicted octanol–water partition coefficient (Wildman–Crippen LogP) is 0.534. The van der Waals surface area contributed by atoms with Gasteiger partial charge in [0, 0.05) is 6.42 Å². The molecule has 1 aromatic carbocycles. The first-order valence-corrected chi connectivity index (χ1v) is 5.64. The maximum Gasteiger partial charge on any atom is 0.328 e. The molecule has 0 aliphatic carbocycles. The average molecular weight is 267 g/mol. The van der Waals surface area contributed by atoms with Crippen molar-refractivity contribution in [2.24, 2.45) is 0 Å². The number of hydrogen-bond donors (Lipinski definition) is 1. The molecule has 0 saturated carbocycles. The molecule has 1 N–H and O–H groups in total. The van der Waals surface area contributed by atoms with Gasteiger partial charge >= 0.3 is 5.97 Å². The highest BCUT2D eigenvalue weighted by Crippen LogP contribution is 2.27. The van der Waals surface area contributed by atoms with E-state index in [0.717, 1.165) is 5.56 Å². The van der Waals surface area contributed by atoms with Crippen molar-refractivity contribution >= 4 is 12.4 Å². The average Bonchev–Trinajstić information content (AvgIpc) is 2.45. The molecule has 0 fully saturated rings. The van der Waals surface area contributed by atoms with Crippen LogP contribution in [0.25, 0.3) is 0 Å². The van der Waals surface area contributed by atoms with E-state index >= 15 is 0 Å². The Morgan fingerprint density at radius 1 is 1.26 bits per heavy atom. The molecule has 0 unspecified atom stereocenters. The largest absolute Gasteiger partial charge is 0.493 e. The zero-order chi connectivity index (χ0) is 14.3. The molecular formula is C13H17NO5. The molecule has 1 atom stereocenters. The standard InChI is InChI=1S/C13H17NO5/c1-17-11-5-4-9(7-12(11)18-2)6-10(14-8-15)13(16)19-3/h4-5,7-8,10H,6H2,1-3H3,(H,14,15)/t10-/m0/s1. The Kier molecular flexibility index (Phi) is 5.66. The van der Waals surface area contributed by atoms with E-state index < -0.39 is 12.0 Å². The summed E-state index contributed by atoms with van der Waals surface area (Å²) in [6.07, 6.45) is 0.786. The minimum Gasteiger partial charge on any atom is -0.493 e. The zero-order valence-corrected chi connectivity index (χ0v) is 11.1. The first kappa shape index (κ1) is 14.8. The lowest BCUT2D eigenvalue weighted by Gasteiger charge is -2.15. The molecule has 1 rings (SSSR count).